The molecular formula is C40H65NO9. The average Bonchev–Trinajstić information content (AvgIpc) is 3.65. The highest BCUT2D eigenvalue weighted by Gasteiger charge is 2.84. The maximum absolute atomic E-state index is 12.6. The number of hydrogen-bond donors (Lipinski definition) is 3. The Balaban J connectivity index is 1.11. The first-order chi connectivity index (χ1) is 23.1. The van der Waals surface area contributed by atoms with E-state index in [9.17, 15) is 24.9 Å². The predicted molar refractivity (Wildman–Crippen MR) is 186 cm³/mol. The number of hydrogen-bond acceptors (Lipinski definition) is 9. The third-order valence-electron chi connectivity index (χ3n) is 16.8. The molecule has 14 atom stereocenters. The minimum absolute atomic E-state index is 0.0294. The van der Waals surface area contributed by atoms with Gasteiger partial charge in [0.15, 0.2) is 12.4 Å². The van der Waals surface area contributed by atoms with Crippen LogP contribution in [0.3, 0.4) is 0 Å². The second-order valence-electron chi connectivity index (χ2n) is 20.0. The Morgan fingerprint density at radius 3 is 2.28 bits per heavy atom. The molecule has 2 heterocycles. The quantitative estimate of drug-likeness (QED) is 0.296. The molecule has 0 radical (unpaired) electrons. The Bertz CT molecular complexity index is 1380. The van der Waals surface area contributed by atoms with Crippen molar-refractivity contribution >= 4 is 11.9 Å². The highest BCUT2D eigenvalue weighted by molar-refractivity contribution is 5.77. The Morgan fingerprint density at radius 2 is 1.64 bits per heavy atom. The number of fused-ring (bicyclic) bond motifs is 4. The summed E-state index contributed by atoms with van der Waals surface area (Å²) in [6.45, 7) is 21.6. The third kappa shape index (κ3) is 4.93. The molecule has 7 aliphatic rings. The van der Waals surface area contributed by atoms with Crippen LogP contribution in [0.1, 0.15) is 121 Å². The van der Waals surface area contributed by atoms with E-state index in [1.807, 2.05) is 4.90 Å². The summed E-state index contributed by atoms with van der Waals surface area (Å²) in [6.07, 6.45) is 5.65. The fourth-order valence-corrected chi connectivity index (χ4v) is 14.1. The molecule has 2 aliphatic heterocycles. The summed E-state index contributed by atoms with van der Waals surface area (Å²) in [6, 6.07) is 0. The van der Waals surface area contributed by atoms with Gasteiger partial charge in [-0.1, -0.05) is 34.6 Å². The van der Waals surface area contributed by atoms with Crippen molar-refractivity contribution in [3.63, 3.8) is 0 Å². The van der Waals surface area contributed by atoms with Gasteiger partial charge in [-0.25, -0.2) is 0 Å². The smallest absolute Gasteiger partial charge is 0.323 e. The van der Waals surface area contributed by atoms with Gasteiger partial charge in [-0.3, -0.25) is 14.5 Å². The highest BCUT2D eigenvalue weighted by atomic mass is 16.7. The van der Waals surface area contributed by atoms with Gasteiger partial charge in [-0.2, -0.15) is 0 Å². The molecule has 0 aromatic carbocycles. The second-order valence-corrected chi connectivity index (χ2v) is 20.0. The van der Waals surface area contributed by atoms with Gasteiger partial charge < -0.3 is 34.3 Å². The molecule has 2 spiro atoms. The van der Waals surface area contributed by atoms with E-state index in [4.69, 9.17) is 18.9 Å². The molecule has 6 unspecified atom stereocenters. The zero-order valence-corrected chi connectivity index (χ0v) is 32.3. The summed E-state index contributed by atoms with van der Waals surface area (Å²) in [7, 11) is 0. The number of aliphatic carboxylic acids is 1. The molecule has 0 aromatic rings. The number of esters is 1. The van der Waals surface area contributed by atoms with Crippen molar-refractivity contribution < 1.29 is 43.9 Å². The molecule has 2 saturated heterocycles. The number of ether oxygens (including phenoxy) is 4. The van der Waals surface area contributed by atoms with Crippen LogP contribution < -0.4 is 0 Å². The van der Waals surface area contributed by atoms with Crippen molar-refractivity contribution in [2.75, 3.05) is 19.7 Å². The number of morpholine rings is 1. The number of aliphatic hydroxyl groups excluding tert-OH is 1. The summed E-state index contributed by atoms with van der Waals surface area (Å²) in [5.41, 5.74) is -2.31. The molecule has 0 aromatic heterocycles. The predicted octanol–water partition coefficient (Wildman–Crippen LogP) is 5.41. The standard InChI is InChI=1S/C40H65NO9/c1-22-19-24(32(36(7,8)46)48-23(2)42)49-30-29(22)37(9)15-16-40-21-39(40)14-13-27(50-28-20-41(17-18-47-28)35(5,6)33(44)45)34(3,4)25(39)11-12-26(40)38(37,10)31(30)43/h22,24-32,43,46H,11-21H2,1-10H3,(H,44,45)/t22-,24?,25+,26?,27+,28+,29+,30?,31+,32+,37?,38-,39?,40?/m1/s1. The van der Waals surface area contributed by atoms with E-state index >= 15 is 0 Å². The number of carboxylic acid groups (broad SMARTS) is 1. The van der Waals surface area contributed by atoms with Crippen molar-refractivity contribution in [2.45, 2.75) is 169 Å². The summed E-state index contributed by atoms with van der Waals surface area (Å²) in [5.74, 6) is 0.0461. The first kappa shape index (κ1) is 37.0. The van der Waals surface area contributed by atoms with Gasteiger partial charge in [0, 0.05) is 18.9 Å². The topological polar surface area (TPSA) is 135 Å². The van der Waals surface area contributed by atoms with Crippen LogP contribution in [0.2, 0.25) is 0 Å². The minimum Gasteiger partial charge on any atom is -0.480 e. The zero-order chi connectivity index (χ0) is 36.6. The Hall–Kier alpha value is -1.30. The van der Waals surface area contributed by atoms with E-state index in [2.05, 4.69) is 34.6 Å². The lowest BCUT2D eigenvalue weighted by Gasteiger charge is -2.64. The van der Waals surface area contributed by atoms with Gasteiger partial charge >= 0.3 is 11.9 Å². The number of nitrogens with zero attached hydrogens (tertiary/aromatic N) is 1. The Labute approximate surface area is 299 Å². The first-order valence-corrected chi connectivity index (χ1v) is 19.6. The van der Waals surface area contributed by atoms with E-state index in [0.717, 1.165) is 32.1 Å². The summed E-state index contributed by atoms with van der Waals surface area (Å²) < 4.78 is 25.4. The van der Waals surface area contributed by atoms with Crippen molar-refractivity contribution in [3.05, 3.63) is 0 Å². The van der Waals surface area contributed by atoms with Gasteiger partial charge in [0.2, 0.25) is 0 Å². The molecule has 50 heavy (non-hydrogen) atoms. The first-order valence-electron chi connectivity index (χ1n) is 19.6. The number of carbonyl (C=O) groups is 2. The molecule has 10 nitrogen and oxygen atoms in total. The zero-order valence-electron chi connectivity index (χ0n) is 32.3. The van der Waals surface area contributed by atoms with Gasteiger partial charge in [-0.05, 0) is 124 Å². The fraction of sp³-hybridized carbons (Fsp3) is 0.950. The van der Waals surface area contributed by atoms with E-state index in [-0.39, 0.29) is 51.1 Å². The summed E-state index contributed by atoms with van der Waals surface area (Å²) >= 11 is 0. The SMILES string of the molecule is CC(=O)O[C@@H](C1C[C@@H](C)[C@H]2C(O1)[C@H](O)[C@@]1(C)C3CC[C@H]4C(C)(C)[C@@H](O[C@H]5CN(C(C)(C)C(=O)O)CCO5)CCC45CC35CCC21C)C(C)(C)O. The molecule has 5 aliphatic carbocycles. The number of aliphatic hydroxyl groups is 2. The molecule has 0 bridgehead atoms. The summed E-state index contributed by atoms with van der Waals surface area (Å²) in [4.78, 5) is 26.1. The molecule has 7 rings (SSSR count). The van der Waals surface area contributed by atoms with Gasteiger partial charge in [-0.15, -0.1) is 0 Å². The maximum atomic E-state index is 12.6. The monoisotopic (exact) mass is 703 g/mol. The number of rotatable bonds is 7. The van der Waals surface area contributed by atoms with Crippen molar-refractivity contribution in [1.29, 1.82) is 0 Å². The van der Waals surface area contributed by atoms with Gasteiger partial charge in [0.05, 0.1) is 43.2 Å². The molecule has 7 fully saturated rings. The van der Waals surface area contributed by atoms with Crippen LogP contribution in [0, 0.1) is 50.7 Å². The normalized spacial score (nSPS) is 49.0. The van der Waals surface area contributed by atoms with Crippen molar-refractivity contribution in [3.8, 4) is 0 Å². The fourth-order valence-electron chi connectivity index (χ4n) is 14.1. The van der Waals surface area contributed by atoms with E-state index in [1.165, 1.54) is 19.8 Å². The average molecular weight is 704 g/mol. The van der Waals surface area contributed by atoms with E-state index < -0.39 is 47.7 Å². The lowest BCUT2D eigenvalue weighted by Crippen LogP contribution is -2.61. The van der Waals surface area contributed by atoms with Crippen LogP contribution in [-0.4, -0.2) is 99.8 Å². The van der Waals surface area contributed by atoms with Crippen LogP contribution in [-0.2, 0) is 28.5 Å². The molecule has 284 valence electrons. The summed E-state index contributed by atoms with van der Waals surface area (Å²) in [5, 5.41) is 33.5. The van der Waals surface area contributed by atoms with Crippen molar-refractivity contribution in [1.82, 2.24) is 4.90 Å². The lowest BCUT2D eigenvalue weighted by atomic mass is 9.41. The Kier molecular flexibility index (Phi) is 8.59. The van der Waals surface area contributed by atoms with E-state index in [0.29, 0.717) is 38.0 Å². The van der Waals surface area contributed by atoms with Crippen LogP contribution in [0.4, 0.5) is 0 Å². The Morgan fingerprint density at radius 1 is 0.980 bits per heavy atom. The third-order valence-corrected chi connectivity index (χ3v) is 16.8. The molecule has 5 saturated carbocycles. The van der Waals surface area contributed by atoms with Crippen LogP contribution >= 0.6 is 0 Å². The number of carboxylic acids is 1. The molecule has 10 heteroatoms. The molecular weight excluding hydrogens is 638 g/mol. The van der Waals surface area contributed by atoms with Gasteiger partial charge in [0.1, 0.15) is 5.54 Å². The molecule has 3 N–H and O–H groups in total. The van der Waals surface area contributed by atoms with E-state index in [1.54, 1.807) is 27.7 Å². The minimum atomic E-state index is -1.28. The maximum Gasteiger partial charge on any atom is 0.323 e. The molecule has 0 amide bonds. The highest BCUT2D eigenvalue weighted by Crippen LogP contribution is 2.89. The van der Waals surface area contributed by atoms with Crippen LogP contribution in [0.5, 0.6) is 0 Å². The lowest BCUT2D eigenvalue weighted by molar-refractivity contribution is -0.254. The van der Waals surface area contributed by atoms with Gasteiger partial charge in [0.25, 0.3) is 0 Å². The second kappa shape index (κ2) is 11.6. The largest absolute Gasteiger partial charge is 0.480 e. The number of carbonyl (C=O) groups excluding carboxylic acids is 1. The van der Waals surface area contributed by atoms with Crippen molar-refractivity contribution in [2.24, 2.45) is 50.7 Å². The van der Waals surface area contributed by atoms with Crippen LogP contribution in [0.15, 0.2) is 0 Å². The van der Waals surface area contributed by atoms with Crippen LogP contribution in [0.25, 0.3) is 0 Å².